The van der Waals surface area contributed by atoms with Gasteiger partial charge >= 0.3 is 17.9 Å². The molecule has 1 aliphatic rings. The van der Waals surface area contributed by atoms with Crippen LogP contribution < -0.4 is 0 Å². The summed E-state index contributed by atoms with van der Waals surface area (Å²) in [5.74, 6) is 2.62. The third-order valence-corrected chi connectivity index (χ3v) is 4.43. The van der Waals surface area contributed by atoms with Gasteiger partial charge in [0, 0.05) is 19.4 Å². The molecular weight excluding hydrogens is 390 g/mol. The molecule has 1 fully saturated rings. The Hall–Kier alpha value is -2.11. The predicted octanol–water partition coefficient (Wildman–Crippen LogP) is 2.80. The summed E-state index contributed by atoms with van der Waals surface area (Å²) in [6.45, 7) is 10.8. The molecule has 1 saturated heterocycles. The molecular formula is C22H37NO7. The maximum atomic E-state index is 11.9. The number of carboxylic acid groups (broad SMARTS) is 2. The van der Waals surface area contributed by atoms with E-state index in [0.29, 0.717) is 13.0 Å². The zero-order valence-electron chi connectivity index (χ0n) is 18.5. The molecule has 0 amide bonds. The highest BCUT2D eigenvalue weighted by molar-refractivity contribution is 6.27. The molecule has 2 atom stereocenters. The van der Waals surface area contributed by atoms with Gasteiger partial charge in [0.1, 0.15) is 6.10 Å². The van der Waals surface area contributed by atoms with E-state index >= 15 is 0 Å². The van der Waals surface area contributed by atoms with Crippen LogP contribution in [0.15, 0.2) is 0 Å². The van der Waals surface area contributed by atoms with Gasteiger partial charge in [0.2, 0.25) is 0 Å². The van der Waals surface area contributed by atoms with Gasteiger partial charge in [0.15, 0.2) is 0 Å². The Kier molecular flexibility index (Phi) is 16.5. The van der Waals surface area contributed by atoms with Gasteiger partial charge in [-0.3, -0.25) is 9.69 Å². The lowest BCUT2D eigenvalue weighted by molar-refractivity contribution is -0.159. The van der Waals surface area contributed by atoms with Crippen LogP contribution >= 0.6 is 0 Å². The number of esters is 1. The van der Waals surface area contributed by atoms with E-state index in [1.807, 2.05) is 0 Å². The first kappa shape index (κ1) is 27.9. The minimum Gasteiger partial charge on any atom is -0.473 e. The molecule has 0 spiro atoms. The smallest absolute Gasteiger partial charge is 0.414 e. The van der Waals surface area contributed by atoms with E-state index in [-0.39, 0.29) is 18.0 Å². The van der Waals surface area contributed by atoms with Gasteiger partial charge in [0.25, 0.3) is 0 Å². The fraction of sp³-hybridized carbons (Fsp3) is 0.773. The van der Waals surface area contributed by atoms with Crippen molar-refractivity contribution in [3.63, 3.8) is 0 Å². The second-order valence-electron chi connectivity index (χ2n) is 7.22. The fourth-order valence-corrected chi connectivity index (χ4v) is 2.75. The van der Waals surface area contributed by atoms with Crippen LogP contribution in [0.25, 0.3) is 0 Å². The molecule has 2 unspecified atom stereocenters. The maximum absolute atomic E-state index is 11.9. The summed E-state index contributed by atoms with van der Waals surface area (Å²) in [6.07, 6.45) is 7.13. The molecule has 1 rings (SSSR count). The van der Waals surface area contributed by atoms with Gasteiger partial charge in [0.05, 0.1) is 19.1 Å². The van der Waals surface area contributed by atoms with Crippen LogP contribution in [-0.2, 0) is 23.9 Å². The number of nitrogens with zero attached hydrogens (tertiary/aromatic N) is 1. The summed E-state index contributed by atoms with van der Waals surface area (Å²) < 4.78 is 10.8. The first-order valence-corrected chi connectivity index (χ1v) is 10.8. The third kappa shape index (κ3) is 14.0. The topological polar surface area (TPSA) is 113 Å². The molecule has 1 heterocycles. The number of cyclic esters (lactones) is 1. The van der Waals surface area contributed by atoms with Crippen molar-refractivity contribution in [3.05, 3.63) is 0 Å². The summed E-state index contributed by atoms with van der Waals surface area (Å²) in [6, 6.07) is 0. The number of hydrogen-bond donors (Lipinski definition) is 2. The molecule has 0 aliphatic carbocycles. The van der Waals surface area contributed by atoms with Crippen LogP contribution in [0.3, 0.4) is 0 Å². The molecule has 0 aromatic carbocycles. The zero-order chi connectivity index (χ0) is 22.8. The number of carboxylic acids is 2. The van der Waals surface area contributed by atoms with Crippen molar-refractivity contribution in [2.45, 2.75) is 71.8 Å². The van der Waals surface area contributed by atoms with Crippen LogP contribution in [0.1, 0.15) is 65.7 Å². The van der Waals surface area contributed by atoms with Crippen molar-refractivity contribution in [1.29, 1.82) is 0 Å². The second kappa shape index (κ2) is 17.7. The average molecular weight is 428 g/mol. The maximum Gasteiger partial charge on any atom is 0.414 e. The molecule has 0 radical (unpaired) electrons. The highest BCUT2D eigenvalue weighted by atomic mass is 16.6. The quantitative estimate of drug-likeness (QED) is 0.212. The Morgan fingerprint density at radius 2 is 1.67 bits per heavy atom. The predicted molar refractivity (Wildman–Crippen MR) is 113 cm³/mol. The number of hydrogen-bond acceptors (Lipinski definition) is 6. The van der Waals surface area contributed by atoms with Crippen molar-refractivity contribution in [1.82, 2.24) is 4.90 Å². The lowest BCUT2D eigenvalue weighted by Crippen LogP contribution is -2.26. The molecule has 8 heteroatoms. The highest BCUT2D eigenvalue weighted by Crippen LogP contribution is 2.24. The summed E-state index contributed by atoms with van der Waals surface area (Å²) in [7, 11) is 0. The number of unbranched alkanes of at least 4 members (excludes halogenated alkanes) is 2. The van der Waals surface area contributed by atoms with Gasteiger partial charge in [-0.2, -0.15) is 0 Å². The van der Waals surface area contributed by atoms with E-state index in [4.69, 9.17) is 29.3 Å². The Morgan fingerprint density at radius 1 is 1.07 bits per heavy atom. The summed E-state index contributed by atoms with van der Waals surface area (Å²) in [4.78, 5) is 32.5. The first-order valence-electron chi connectivity index (χ1n) is 10.8. The Balaban J connectivity index is 0.00000122. The second-order valence-corrected chi connectivity index (χ2v) is 7.22. The summed E-state index contributed by atoms with van der Waals surface area (Å²) >= 11 is 0. The molecule has 172 valence electrons. The molecule has 0 saturated carbocycles. The van der Waals surface area contributed by atoms with Crippen LogP contribution in [-0.4, -0.2) is 72.0 Å². The average Bonchev–Trinajstić information content (AvgIpc) is 3.06. The Bertz CT molecular complexity index is 548. The van der Waals surface area contributed by atoms with Gasteiger partial charge in [-0.05, 0) is 32.4 Å². The van der Waals surface area contributed by atoms with E-state index in [2.05, 4.69) is 37.5 Å². The molecule has 0 bridgehead atoms. The zero-order valence-corrected chi connectivity index (χ0v) is 18.5. The Labute approximate surface area is 179 Å². The standard InChI is InChI=1S/C20H35NO3.C2H2O4/c1-4-7-12-21(13-8-5-2)14-10-9-11-18-16-19(24-20(18)22)17-23-15-6-3;3-1(4)2(5)6/h18-19H,4-8,11-17H2,1-3H3;(H,3,4)(H,5,6). The van der Waals surface area contributed by atoms with E-state index in [1.54, 1.807) is 0 Å². The highest BCUT2D eigenvalue weighted by Gasteiger charge is 2.33. The fourth-order valence-electron chi connectivity index (χ4n) is 2.75. The molecule has 0 aromatic rings. The molecule has 0 aromatic heterocycles. The largest absolute Gasteiger partial charge is 0.473 e. The first-order chi connectivity index (χ1) is 14.3. The van der Waals surface area contributed by atoms with Crippen molar-refractivity contribution >= 4 is 17.9 Å². The van der Waals surface area contributed by atoms with Crippen molar-refractivity contribution < 1.29 is 34.1 Å². The third-order valence-electron chi connectivity index (χ3n) is 4.43. The van der Waals surface area contributed by atoms with Crippen LogP contribution in [0, 0.1) is 17.8 Å². The van der Waals surface area contributed by atoms with Crippen molar-refractivity contribution in [2.24, 2.45) is 5.92 Å². The lowest BCUT2D eigenvalue weighted by atomic mass is 10.0. The number of carbonyl (C=O) groups is 3. The van der Waals surface area contributed by atoms with Crippen LogP contribution in [0.2, 0.25) is 0 Å². The monoisotopic (exact) mass is 427 g/mol. The van der Waals surface area contributed by atoms with E-state index in [0.717, 1.165) is 39.1 Å². The number of aliphatic carboxylic acids is 2. The molecule has 30 heavy (non-hydrogen) atoms. The van der Waals surface area contributed by atoms with Crippen molar-refractivity contribution in [3.8, 4) is 11.8 Å². The van der Waals surface area contributed by atoms with Gasteiger partial charge < -0.3 is 19.7 Å². The van der Waals surface area contributed by atoms with Gasteiger partial charge in [-0.1, -0.05) is 39.5 Å². The minimum atomic E-state index is -1.82. The van der Waals surface area contributed by atoms with Crippen LogP contribution in [0.5, 0.6) is 0 Å². The van der Waals surface area contributed by atoms with Gasteiger partial charge in [-0.25, -0.2) is 9.59 Å². The summed E-state index contributed by atoms with van der Waals surface area (Å²) in [5, 5.41) is 14.8. The number of carbonyl (C=O) groups excluding carboxylic acids is 1. The lowest BCUT2D eigenvalue weighted by Gasteiger charge is -2.18. The molecule has 1 aliphatic heterocycles. The van der Waals surface area contributed by atoms with E-state index in [1.165, 1.54) is 25.7 Å². The minimum absolute atomic E-state index is 0.0764. The Morgan fingerprint density at radius 3 is 2.17 bits per heavy atom. The van der Waals surface area contributed by atoms with Crippen molar-refractivity contribution in [2.75, 3.05) is 32.8 Å². The van der Waals surface area contributed by atoms with E-state index in [9.17, 15) is 4.79 Å². The SMILES string of the molecule is CCCCN(CC#CCC1CC(COCCC)OC1=O)CCCC.O=C(O)C(=O)O. The number of rotatable bonds is 12. The van der Waals surface area contributed by atoms with E-state index < -0.39 is 11.9 Å². The molecule has 2 N–H and O–H groups in total. The van der Waals surface area contributed by atoms with Crippen LogP contribution in [0.4, 0.5) is 0 Å². The molecule has 8 nitrogen and oxygen atoms in total. The van der Waals surface area contributed by atoms with Gasteiger partial charge in [-0.15, -0.1) is 5.92 Å². The normalized spacial score (nSPS) is 17.5. The summed E-state index contributed by atoms with van der Waals surface area (Å²) in [5.41, 5.74) is 0. The number of ether oxygens (including phenoxy) is 2.